The van der Waals surface area contributed by atoms with Crippen LogP contribution in [0, 0.1) is 0 Å². The molecular weight excluding hydrogens is 393 g/mol. The Bertz CT molecular complexity index is 452. The minimum absolute atomic E-state index is 0.121. The van der Waals surface area contributed by atoms with Crippen LogP contribution in [0.5, 0.6) is 0 Å². The van der Waals surface area contributed by atoms with E-state index in [0.29, 0.717) is 17.0 Å². The van der Waals surface area contributed by atoms with Gasteiger partial charge in [-0.05, 0) is 22.4 Å². The van der Waals surface area contributed by atoms with Crippen molar-refractivity contribution in [2.45, 2.75) is 40.5 Å². The van der Waals surface area contributed by atoms with E-state index in [2.05, 4.69) is 31.2 Å². The summed E-state index contributed by atoms with van der Waals surface area (Å²) in [6.45, 7) is 10.1. The van der Waals surface area contributed by atoms with E-state index in [-0.39, 0.29) is 5.91 Å². The van der Waals surface area contributed by atoms with Crippen LogP contribution in [0.4, 0.5) is 19.0 Å². The third kappa shape index (κ3) is 14.2. The molecule has 10 heteroatoms. The molecule has 1 aliphatic heterocycles. The van der Waals surface area contributed by atoms with Gasteiger partial charge in [0, 0.05) is 19.2 Å². The summed E-state index contributed by atoms with van der Waals surface area (Å²) in [5, 5.41) is 9.48. The third-order valence-corrected chi connectivity index (χ3v) is 2.70. The van der Waals surface area contributed by atoms with E-state index in [4.69, 9.17) is 5.11 Å². The van der Waals surface area contributed by atoms with Crippen LogP contribution in [0.25, 0.3) is 0 Å². The summed E-state index contributed by atoms with van der Waals surface area (Å²) in [6, 6.07) is 1.74. The number of amides is 1. The molecule has 2 rings (SSSR count). The van der Waals surface area contributed by atoms with E-state index in [0.717, 1.165) is 19.5 Å². The van der Waals surface area contributed by atoms with Crippen molar-refractivity contribution >= 4 is 27.7 Å². The first kappa shape index (κ1) is 24.8. The highest BCUT2D eigenvalue weighted by Crippen LogP contribution is 2.10. The van der Waals surface area contributed by atoms with Crippen molar-refractivity contribution < 1.29 is 23.1 Å². The molecule has 0 spiro atoms. The molecule has 24 heavy (non-hydrogen) atoms. The molecule has 1 aliphatic rings. The standard InChI is InChI=1S/C9H11BrN4O.2C2H6.CHF3O/c10-7-4-8(13-6-12-7)11-5-9(15)14-2-1-3-14;2*1-2;2-1(3,4)5/h4,6H,1-3,5H2,(H,11,12,13);2*1-2H3;5H. The van der Waals surface area contributed by atoms with E-state index >= 15 is 0 Å². The third-order valence-electron chi connectivity index (χ3n) is 2.26. The van der Waals surface area contributed by atoms with Gasteiger partial charge in [0.15, 0.2) is 0 Å². The summed E-state index contributed by atoms with van der Waals surface area (Å²) < 4.78 is 30.4. The van der Waals surface area contributed by atoms with Crippen LogP contribution in [-0.2, 0) is 4.79 Å². The van der Waals surface area contributed by atoms with Gasteiger partial charge in [-0.1, -0.05) is 27.7 Å². The highest BCUT2D eigenvalue weighted by Gasteiger charge is 2.20. The van der Waals surface area contributed by atoms with E-state index in [1.165, 1.54) is 6.33 Å². The quantitative estimate of drug-likeness (QED) is 0.737. The van der Waals surface area contributed by atoms with Crippen molar-refractivity contribution in [2.75, 3.05) is 25.0 Å². The van der Waals surface area contributed by atoms with Gasteiger partial charge in [-0.2, -0.15) is 0 Å². The number of hydrogen-bond acceptors (Lipinski definition) is 5. The lowest BCUT2D eigenvalue weighted by molar-refractivity contribution is -0.295. The number of likely N-dealkylation sites (tertiary alicyclic amines) is 1. The molecule has 1 fully saturated rings. The number of hydrogen-bond donors (Lipinski definition) is 2. The van der Waals surface area contributed by atoms with Crippen LogP contribution >= 0.6 is 15.9 Å². The van der Waals surface area contributed by atoms with Crippen LogP contribution in [0.15, 0.2) is 17.0 Å². The number of carbonyl (C=O) groups excluding carboxylic acids is 1. The van der Waals surface area contributed by atoms with Crippen LogP contribution in [0.3, 0.4) is 0 Å². The fourth-order valence-electron chi connectivity index (χ4n) is 1.27. The molecule has 2 N–H and O–H groups in total. The fourth-order valence-corrected chi connectivity index (χ4v) is 1.58. The number of nitrogens with zero attached hydrogens (tertiary/aromatic N) is 3. The smallest absolute Gasteiger partial charge is 0.361 e. The van der Waals surface area contributed by atoms with Crippen LogP contribution in [-0.4, -0.2) is 51.9 Å². The highest BCUT2D eigenvalue weighted by molar-refractivity contribution is 9.10. The Morgan fingerprint density at radius 1 is 1.29 bits per heavy atom. The number of halogens is 4. The van der Waals surface area contributed by atoms with E-state index in [1.807, 2.05) is 32.6 Å². The van der Waals surface area contributed by atoms with Gasteiger partial charge in [0.2, 0.25) is 5.91 Å². The minimum Gasteiger partial charge on any atom is -0.361 e. The normalized spacial score (nSPS) is 12.1. The number of aliphatic hydroxyl groups is 1. The fraction of sp³-hybridized carbons (Fsp3) is 0.643. The molecule has 0 saturated carbocycles. The number of alkyl halides is 3. The molecule has 0 aromatic carbocycles. The first-order valence-corrected chi connectivity index (χ1v) is 8.33. The van der Waals surface area contributed by atoms with E-state index in [9.17, 15) is 18.0 Å². The summed E-state index contributed by atoms with van der Waals surface area (Å²) in [5.74, 6) is 0.779. The second-order valence-corrected chi connectivity index (χ2v) is 4.59. The lowest BCUT2D eigenvalue weighted by atomic mass is 10.2. The molecule has 140 valence electrons. The first-order chi connectivity index (χ1) is 11.3. The summed E-state index contributed by atoms with van der Waals surface area (Å²) >= 11 is 3.24. The zero-order valence-electron chi connectivity index (χ0n) is 14.2. The highest BCUT2D eigenvalue weighted by atomic mass is 79.9. The minimum atomic E-state index is -5.00. The Morgan fingerprint density at radius 2 is 1.79 bits per heavy atom. The predicted molar refractivity (Wildman–Crippen MR) is 90.4 cm³/mol. The summed E-state index contributed by atoms with van der Waals surface area (Å²) in [4.78, 5) is 21.2. The summed E-state index contributed by atoms with van der Waals surface area (Å²) in [6.07, 6.45) is -2.44. The lowest BCUT2D eigenvalue weighted by Crippen LogP contribution is -2.44. The average molecular weight is 417 g/mol. The van der Waals surface area contributed by atoms with Crippen molar-refractivity contribution in [3.8, 4) is 0 Å². The first-order valence-electron chi connectivity index (χ1n) is 7.54. The SMILES string of the molecule is CC.CC.O=C(CNc1cc(Br)ncn1)N1CCC1.OC(F)(F)F. The van der Waals surface area contributed by atoms with Gasteiger partial charge in [0.25, 0.3) is 0 Å². The molecule has 1 amide bonds. The maximum absolute atomic E-state index is 11.5. The maximum Gasteiger partial charge on any atom is 0.519 e. The molecule has 0 atom stereocenters. The zero-order chi connectivity index (χ0) is 19.2. The van der Waals surface area contributed by atoms with Crippen molar-refractivity contribution in [3.63, 3.8) is 0 Å². The van der Waals surface area contributed by atoms with Crippen LogP contribution < -0.4 is 5.32 Å². The monoisotopic (exact) mass is 416 g/mol. The molecule has 1 aromatic heterocycles. The molecular formula is C14H24BrF3N4O2. The molecule has 0 bridgehead atoms. The molecule has 6 nitrogen and oxygen atoms in total. The Kier molecular flexibility index (Phi) is 14.4. The van der Waals surface area contributed by atoms with Crippen molar-refractivity contribution in [1.82, 2.24) is 14.9 Å². The van der Waals surface area contributed by atoms with Gasteiger partial charge in [0.1, 0.15) is 16.7 Å². The van der Waals surface area contributed by atoms with Gasteiger partial charge < -0.3 is 15.3 Å². The Morgan fingerprint density at radius 3 is 2.17 bits per heavy atom. The second kappa shape index (κ2) is 14.0. The molecule has 1 aromatic rings. The molecule has 1 saturated heterocycles. The number of rotatable bonds is 3. The van der Waals surface area contributed by atoms with Crippen molar-refractivity contribution in [1.29, 1.82) is 0 Å². The van der Waals surface area contributed by atoms with Crippen molar-refractivity contribution in [3.05, 3.63) is 17.0 Å². The zero-order valence-corrected chi connectivity index (χ0v) is 15.8. The number of nitrogens with one attached hydrogen (secondary N) is 1. The van der Waals surface area contributed by atoms with Crippen LogP contribution in [0.1, 0.15) is 34.1 Å². The Labute approximate surface area is 148 Å². The summed E-state index contributed by atoms with van der Waals surface area (Å²) in [7, 11) is 0. The van der Waals surface area contributed by atoms with Gasteiger partial charge >= 0.3 is 6.36 Å². The largest absolute Gasteiger partial charge is 0.519 e. The topological polar surface area (TPSA) is 78.4 Å². The lowest BCUT2D eigenvalue weighted by Gasteiger charge is -2.30. The van der Waals surface area contributed by atoms with Gasteiger partial charge in [-0.25, -0.2) is 9.97 Å². The van der Waals surface area contributed by atoms with E-state index < -0.39 is 6.36 Å². The van der Waals surface area contributed by atoms with Crippen molar-refractivity contribution in [2.24, 2.45) is 0 Å². The van der Waals surface area contributed by atoms with Gasteiger partial charge in [-0.3, -0.25) is 4.79 Å². The average Bonchev–Trinajstić information content (AvgIpc) is 2.46. The second-order valence-electron chi connectivity index (χ2n) is 3.78. The molecule has 2 heterocycles. The molecule has 0 radical (unpaired) electrons. The maximum atomic E-state index is 11.5. The Hall–Kier alpha value is -1.42. The number of anilines is 1. The van der Waals surface area contributed by atoms with E-state index in [1.54, 1.807) is 6.07 Å². The van der Waals surface area contributed by atoms with Gasteiger partial charge in [0.05, 0.1) is 6.54 Å². The Balaban J connectivity index is 0. The number of carbonyl (C=O) groups is 1. The predicted octanol–water partition coefficient (Wildman–Crippen LogP) is 3.43. The summed E-state index contributed by atoms with van der Waals surface area (Å²) in [5.41, 5.74) is 0. The molecule has 0 unspecified atom stereocenters. The van der Waals surface area contributed by atoms with Crippen LogP contribution in [0.2, 0.25) is 0 Å². The van der Waals surface area contributed by atoms with Gasteiger partial charge in [-0.15, -0.1) is 13.2 Å². The molecule has 0 aliphatic carbocycles. The number of aromatic nitrogens is 2.